The molecule has 0 bridgehead atoms. The molecule has 1 aromatic heterocycles. The SMILES string of the molecule is Cc1ccc(C2c3c(nc(N4CCCCC4C)[nH]c3=O)NC(=O)C2C#N)cc1. The van der Waals surface area contributed by atoms with Crippen molar-refractivity contribution in [1.82, 2.24) is 9.97 Å². The maximum Gasteiger partial charge on any atom is 0.258 e. The molecule has 1 saturated heterocycles. The normalized spacial score (nSPS) is 24.2. The number of hydrogen-bond donors (Lipinski definition) is 2. The zero-order chi connectivity index (χ0) is 19.8. The van der Waals surface area contributed by atoms with Gasteiger partial charge in [0.1, 0.15) is 11.7 Å². The lowest BCUT2D eigenvalue weighted by molar-refractivity contribution is -0.119. The molecule has 144 valence electrons. The van der Waals surface area contributed by atoms with Crippen LogP contribution in [0.5, 0.6) is 0 Å². The molecule has 7 heteroatoms. The lowest BCUT2D eigenvalue weighted by Crippen LogP contribution is -2.42. The molecule has 2 aliphatic heterocycles. The Morgan fingerprint density at radius 2 is 1.96 bits per heavy atom. The van der Waals surface area contributed by atoms with E-state index in [4.69, 9.17) is 0 Å². The van der Waals surface area contributed by atoms with Crippen LogP contribution in [0.15, 0.2) is 29.1 Å². The second kappa shape index (κ2) is 7.12. The summed E-state index contributed by atoms with van der Waals surface area (Å²) in [6.45, 7) is 4.89. The van der Waals surface area contributed by atoms with Crippen LogP contribution in [0.25, 0.3) is 0 Å². The van der Waals surface area contributed by atoms with Gasteiger partial charge in [0, 0.05) is 18.5 Å². The van der Waals surface area contributed by atoms with Crippen molar-refractivity contribution in [2.45, 2.75) is 45.1 Å². The van der Waals surface area contributed by atoms with E-state index in [1.807, 2.05) is 31.2 Å². The van der Waals surface area contributed by atoms with Crippen LogP contribution >= 0.6 is 0 Å². The van der Waals surface area contributed by atoms with E-state index in [1.165, 1.54) is 0 Å². The Morgan fingerprint density at radius 1 is 1.21 bits per heavy atom. The fraction of sp³-hybridized carbons (Fsp3) is 0.429. The molecule has 0 spiro atoms. The van der Waals surface area contributed by atoms with Gasteiger partial charge in [0.25, 0.3) is 5.56 Å². The summed E-state index contributed by atoms with van der Waals surface area (Å²) in [5, 5.41) is 12.3. The summed E-state index contributed by atoms with van der Waals surface area (Å²) >= 11 is 0. The molecule has 0 radical (unpaired) electrons. The molecule has 4 rings (SSSR count). The molecule has 7 nitrogen and oxygen atoms in total. The van der Waals surface area contributed by atoms with Crippen molar-refractivity contribution in [3.05, 3.63) is 51.3 Å². The Hall–Kier alpha value is -3.14. The van der Waals surface area contributed by atoms with Gasteiger partial charge in [-0.3, -0.25) is 14.6 Å². The first-order chi connectivity index (χ1) is 13.5. The number of rotatable bonds is 2. The zero-order valence-corrected chi connectivity index (χ0v) is 16.0. The molecule has 3 heterocycles. The average molecular weight is 377 g/mol. The summed E-state index contributed by atoms with van der Waals surface area (Å²) < 4.78 is 0. The predicted molar refractivity (Wildman–Crippen MR) is 106 cm³/mol. The van der Waals surface area contributed by atoms with Crippen LogP contribution in [0.2, 0.25) is 0 Å². The lowest BCUT2D eigenvalue weighted by Gasteiger charge is -2.35. The van der Waals surface area contributed by atoms with E-state index in [2.05, 4.69) is 33.2 Å². The molecule has 1 fully saturated rings. The van der Waals surface area contributed by atoms with Crippen molar-refractivity contribution < 1.29 is 4.79 Å². The number of amides is 1. The van der Waals surface area contributed by atoms with Gasteiger partial charge in [-0.05, 0) is 38.7 Å². The van der Waals surface area contributed by atoms with Gasteiger partial charge in [-0.25, -0.2) is 0 Å². The molecule has 2 aliphatic rings. The molecular weight excluding hydrogens is 354 g/mol. The van der Waals surface area contributed by atoms with Crippen LogP contribution in [0.3, 0.4) is 0 Å². The van der Waals surface area contributed by atoms with E-state index in [0.717, 1.165) is 36.9 Å². The highest BCUT2D eigenvalue weighted by molar-refractivity contribution is 5.98. The minimum atomic E-state index is -0.974. The summed E-state index contributed by atoms with van der Waals surface area (Å²) in [4.78, 5) is 35.2. The third-order valence-electron chi connectivity index (χ3n) is 5.76. The van der Waals surface area contributed by atoms with E-state index in [0.29, 0.717) is 11.5 Å². The summed E-state index contributed by atoms with van der Waals surface area (Å²) in [5.74, 6) is -1.29. The van der Waals surface area contributed by atoms with Crippen molar-refractivity contribution in [2.24, 2.45) is 5.92 Å². The van der Waals surface area contributed by atoms with E-state index < -0.39 is 17.7 Å². The smallest absolute Gasteiger partial charge is 0.258 e. The first-order valence-corrected chi connectivity index (χ1v) is 9.67. The van der Waals surface area contributed by atoms with Crippen LogP contribution in [0.4, 0.5) is 11.8 Å². The third-order valence-corrected chi connectivity index (χ3v) is 5.76. The van der Waals surface area contributed by atoms with Gasteiger partial charge in [-0.1, -0.05) is 29.8 Å². The number of nitrogens with zero attached hydrogens (tertiary/aromatic N) is 3. The van der Waals surface area contributed by atoms with E-state index in [-0.39, 0.29) is 17.4 Å². The van der Waals surface area contributed by atoms with Crippen molar-refractivity contribution in [1.29, 1.82) is 5.26 Å². The topological polar surface area (TPSA) is 102 Å². The number of H-pyrrole nitrogens is 1. The largest absolute Gasteiger partial charge is 0.340 e. The van der Waals surface area contributed by atoms with Gasteiger partial charge in [-0.2, -0.15) is 10.2 Å². The van der Waals surface area contributed by atoms with Crippen LogP contribution in [-0.4, -0.2) is 28.5 Å². The number of anilines is 2. The first kappa shape index (κ1) is 18.2. The second-order valence-electron chi connectivity index (χ2n) is 7.67. The number of aromatic amines is 1. The Labute approximate surface area is 163 Å². The Morgan fingerprint density at radius 3 is 2.64 bits per heavy atom. The molecule has 3 unspecified atom stereocenters. The standard InChI is InChI=1S/C21H23N5O2/c1-12-6-8-14(9-7-12)16-15(11-22)19(27)23-18-17(16)20(28)25-21(24-18)26-10-4-3-5-13(26)2/h6-9,13,15-16H,3-5,10H2,1-2H3,(H2,23,24,25,27,28). The number of nitrogens with one attached hydrogen (secondary N) is 2. The molecule has 0 aliphatic carbocycles. The summed E-state index contributed by atoms with van der Waals surface area (Å²) in [6, 6.07) is 9.91. The highest BCUT2D eigenvalue weighted by Gasteiger charge is 2.40. The molecular formula is C21H23N5O2. The Bertz CT molecular complexity index is 1000. The minimum Gasteiger partial charge on any atom is -0.340 e. The van der Waals surface area contributed by atoms with Crippen molar-refractivity contribution in [2.75, 3.05) is 16.8 Å². The number of carbonyl (C=O) groups is 1. The maximum atomic E-state index is 13.1. The van der Waals surface area contributed by atoms with Gasteiger partial charge >= 0.3 is 0 Å². The highest BCUT2D eigenvalue weighted by Crippen LogP contribution is 2.38. The van der Waals surface area contributed by atoms with Crippen molar-refractivity contribution >= 4 is 17.7 Å². The molecule has 0 saturated carbocycles. The number of hydrogen-bond acceptors (Lipinski definition) is 5. The lowest BCUT2D eigenvalue weighted by atomic mass is 9.79. The second-order valence-corrected chi connectivity index (χ2v) is 7.67. The van der Waals surface area contributed by atoms with Gasteiger partial charge in [0.2, 0.25) is 11.9 Å². The number of carbonyl (C=O) groups excluding carboxylic acids is 1. The van der Waals surface area contributed by atoms with Crippen LogP contribution < -0.4 is 15.8 Å². The Balaban J connectivity index is 1.84. The summed E-state index contributed by atoms with van der Waals surface area (Å²) in [6.07, 6.45) is 3.23. The van der Waals surface area contributed by atoms with Gasteiger partial charge in [0.15, 0.2) is 0 Å². The minimum absolute atomic E-state index is 0.263. The number of fused-ring (bicyclic) bond motifs is 1. The summed E-state index contributed by atoms with van der Waals surface area (Å²) in [5.41, 5.74) is 1.88. The first-order valence-electron chi connectivity index (χ1n) is 9.67. The Kier molecular flexibility index (Phi) is 4.63. The van der Waals surface area contributed by atoms with Crippen LogP contribution in [-0.2, 0) is 4.79 Å². The molecule has 2 N–H and O–H groups in total. The quantitative estimate of drug-likeness (QED) is 0.838. The van der Waals surface area contributed by atoms with Gasteiger partial charge < -0.3 is 10.2 Å². The van der Waals surface area contributed by atoms with E-state index in [1.54, 1.807) is 0 Å². The third kappa shape index (κ3) is 3.05. The van der Waals surface area contributed by atoms with E-state index in [9.17, 15) is 14.9 Å². The number of aryl methyl sites for hydroxylation is 1. The molecule has 1 aromatic carbocycles. The zero-order valence-electron chi connectivity index (χ0n) is 16.0. The van der Waals surface area contributed by atoms with Crippen LogP contribution in [0.1, 0.15) is 48.8 Å². The molecule has 2 aromatic rings. The summed E-state index contributed by atoms with van der Waals surface area (Å²) in [7, 11) is 0. The predicted octanol–water partition coefficient (Wildman–Crippen LogP) is 2.68. The van der Waals surface area contributed by atoms with E-state index >= 15 is 0 Å². The fourth-order valence-corrected chi connectivity index (χ4v) is 4.18. The van der Waals surface area contributed by atoms with Crippen LogP contribution in [0, 0.1) is 24.2 Å². The van der Waals surface area contributed by atoms with Crippen molar-refractivity contribution in [3.63, 3.8) is 0 Å². The fourth-order valence-electron chi connectivity index (χ4n) is 4.18. The number of piperidine rings is 1. The van der Waals surface area contributed by atoms with Gasteiger partial charge in [-0.15, -0.1) is 0 Å². The monoisotopic (exact) mass is 377 g/mol. The van der Waals surface area contributed by atoms with Gasteiger partial charge in [0.05, 0.1) is 11.6 Å². The molecule has 28 heavy (non-hydrogen) atoms. The number of aromatic nitrogens is 2. The maximum absolute atomic E-state index is 13.1. The number of nitriles is 1. The number of benzene rings is 1. The molecule has 3 atom stereocenters. The molecule has 1 amide bonds. The average Bonchev–Trinajstić information content (AvgIpc) is 2.68. The highest BCUT2D eigenvalue weighted by atomic mass is 16.2. The van der Waals surface area contributed by atoms with Crippen molar-refractivity contribution in [3.8, 4) is 6.07 Å².